The average Bonchev–Trinajstić information content (AvgIpc) is 3.72. The summed E-state index contributed by atoms with van der Waals surface area (Å²) in [5.74, 6) is 0.533. The molecule has 0 radical (unpaired) electrons. The number of benzene rings is 2. The lowest BCUT2D eigenvalue weighted by molar-refractivity contribution is 0.0164. The van der Waals surface area contributed by atoms with Gasteiger partial charge in [-0.3, -0.25) is 0 Å². The van der Waals surface area contributed by atoms with E-state index in [-0.39, 0.29) is 36.1 Å². The quantitative estimate of drug-likeness (QED) is 0.406. The van der Waals surface area contributed by atoms with E-state index in [9.17, 15) is 10.2 Å². The van der Waals surface area contributed by atoms with Crippen LogP contribution in [0.4, 0.5) is 0 Å². The van der Waals surface area contributed by atoms with Crippen molar-refractivity contribution in [3.05, 3.63) is 84.7 Å². The largest absolute Gasteiger partial charge is 0.391 e. The number of aliphatic hydroxyl groups excluding tert-OH is 2. The van der Waals surface area contributed by atoms with E-state index in [4.69, 9.17) is 0 Å². The molecule has 0 aliphatic carbocycles. The number of aliphatic hydroxyl groups is 2. The van der Waals surface area contributed by atoms with Gasteiger partial charge >= 0.3 is 0 Å². The van der Waals surface area contributed by atoms with E-state index in [1.807, 2.05) is 25.0 Å². The predicted octanol–water partition coefficient (Wildman–Crippen LogP) is 3.53. The van der Waals surface area contributed by atoms with Crippen molar-refractivity contribution in [1.82, 2.24) is 28.9 Å². The van der Waals surface area contributed by atoms with Gasteiger partial charge in [0.1, 0.15) is 0 Å². The van der Waals surface area contributed by atoms with E-state index in [0.717, 1.165) is 39.0 Å². The third-order valence-electron chi connectivity index (χ3n) is 9.53. The van der Waals surface area contributed by atoms with Gasteiger partial charge in [0.25, 0.3) is 0 Å². The summed E-state index contributed by atoms with van der Waals surface area (Å²) in [6, 6.07) is 17.5. The summed E-state index contributed by atoms with van der Waals surface area (Å²) >= 11 is 0. The molecule has 2 aromatic heterocycles. The second-order valence-corrected chi connectivity index (χ2v) is 12.0. The predicted molar refractivity (Wildman–Crippen MR) is 155 cm³/mol. The number of fused-ring (bicyclic) bond motifs is 6. The number of aromatic nitrogens is 4. The standard InChI is InChI=1S/2C16H19N3O/c2*1-18-7-6-13(15(20)9-18)16-12-5-3-2-4-11(12)14-8-17-10-19(14)16/h2*2-5,8,10,13,15-16,20H,6-7,9H2,1H3/t13-,15-,16+;13-,15-,16-/m01/s1. The van der Waals surface area contributed by atoms with Crippen molar-refractivity contribution < 1.29 is 10.2 Å². The molecule has 4 aliphatic heterocycles. The SMILES string of the molecule is CN1CC[C@@H]([C@H]2c3ccccc3-c3cncn32)[C@H](O)C1.CN1CC[C@H]([C@H]2c3ccccc3-c3cncn32)[C@@H](O)C1. The topological polar surface area (TPSA) is 82.6 Å². The molecule has 0 unspecified atom stereocenters. The van der Waals surface area contributed by atoms with Crippen LogP contribution in [0.25, 0.3) is 22.5 Å². The number of nitrogens with zero attached hydrogens (tertiary/aromatic N) is 6. The fourth-order valence-corrected chi connectivity index (χ4v) is 7.57. The second kappa shape index (κ2) is 10.3. The normalized spacial score (nSPS) is 29.2. The first-order valence-electron chi connectivity index (χ1n) is 14.5. The zero-order valence-corrected chi connectivity index (χ0v) is 23.2. The molecule has 0 amide bonds. The Kier molecular flexibility index (Phi) is 6.59. The Labute approximate surface area is 235 Å². The van der Waals surface area contributed by atoms with Gasteiger partial charge in [0.2, 0.25) is 0 Å². The lowest BCUT2D eigenvalue weighted by atomic mass is 9.83. The number of rotatable bonds is 2. The third kappa shape index (κ3) is 4.21. The number of hydrogen-bond acceptors (Lipinski definition) is 6. The molecule has 4 aromatic rings. The molecule has 2 N–H and O–H groups in total. The van der Waals surface area contributed by atoms with Crippen molar-refractivity contribution in [2.24, 2.45) is 11.8 Å². The van der Waals surface area contributed by atoms with Gasteiger partial charge in [0.05, 0.1) is 60.7 Å². The minimum Gasteiger partial charge on any atom is -0.391 e. The van der Waals surface area contributed by atoms with Crippen LogP contribution < -0.4 is 0 Å². The second-order valence-electron chi connectivity index (χ2n) is 12.0. The molecule has 4 aliphatic rings. The Morgan fingerprint density at radius 1 is 0.650 bits per heavy atom. The Hall–Kier alpha value is -3.30. The van der Waals surface area contributed by atoms with E-state index >= 15 is 0 Å². The van der Waals surface area contributed by atoms with Crippen molar-refractivity contribution in [2.75, 3.05) is 40.3 Å². The highest BCUT2D eigenvalue weighted by atomic mass is 16.3. The minimum absolute atomic E-state index is 0.229. The number of hydrogen-bond donors (Lipinski definition) is 2. The lowest BCUT2D eigenvalue weighted by Gasteiger charge is -2.37. The van der Waals surface area contributed by atoms with E-state index in [2.05, 4.69) is 91.5 Å². The number of likely N-dealkylation sites (tertiary alicyclic amines) is 2. The van der Waals surface area contributed by atoms with E-state index in [0.29, 0.717) is 0 Å². The summed E-state index contributed by atoms with van der Waals surface area (Å²) in [6.07, 6.45) is 9.17. The highest BCUT2D eigenvalue weighted by molar-refractivity contribution is 5.70. The zero-order valence-electron chi connectivity index (χ0n) is 23.2. The highest BCUT2D eigenvalue weighted by Crippen LogP contribution is 2.46. The van der Waals surface area contributed by atoms with Gasteiger partial charge in [-0.1, -0.05) is 48.5 Å². The Morgan fingerprint density at radius 3 is 1.50 bits per heavy atom. The van der Waals surface area contributed by atoms with Crippen LogP contribution in [0, 0.1) is 11.8 Å². The maximum Gasteiger partial charge on any atom is 0.0956 e. The molecule has 2 fully saturated rings. The van der Waals surface area contributed by atoms with Gasteiger partial charge in [-0.15, -0.1) is 0 Å². The van der Waals surface area contributed by atoms with E-state index < -0.39 is 0 Å². The molecule has 208 valence electrons. The summed E-state index contributed by atoms with van der Waals surface area (Å²) in [5, 5.41) is 21.0. The van der Waals surface area contributed by atoms with Crippen molar-refractivity contribution >= 4 is 0 Å². The fourth-order valence-electron chi connectivity index (χ4n) is 7.57. The molecule has 2 aromatic carbocycles. The molecule has 2 saturated heterocycles. The molecule has 6 heterocycles. The van der Waals surface area contributed by atoms with Crippen molar-refractivity contribution in [1.29, 1.82) is 0 Å². The fraction of sp³-hybridized carbons (Fsp3) is 0.438. The summed E-state index contributed by atoms with van der Waals surface area (Å²) in [6.45, 7) is 3.61. The molecule has 0 bridgehead atoms. The zero-order chi connectivity index (χ0) is 27.4. The molecule has 6 atom stereocenters. The maximum absolute atomic E-state index is 10.5. The Bertz CT molecular complexity index is 1380. The first-order chi connectivity index (χ1) is 19.5. The minimum atomic E-state index is -0.278. The number of β-amino-alcohol motifs (C(OH)–C–C–N with tert-alkyl or cyclic N) is 2. The summed E-state index contributed by atoms with van der Waals surface area (Å²) in [5.41, 5.74) is 7.55. The van der Waals surface area contributed by atoms with Gasteiger partial charge in [0.15, 0.2) is 0 Å². The molecule has 40 heavy (non-hydrogen) atoms. The number of likely N-dealkylation sites (N-methyl/N-ethyl adjacent to an activating group) is 2. The number of piperidine rings is 2. The monoisotopic (exact) mass is 538 g/mol. The first kappa shape index (κ1) is 25.7. The van der Waals surface area contributed by atoms with Gasteiger partial charge in [0, 0.05) is 36.1 Å². The van der Waals surface area contributed by atoms with Gasteiger partial charge < -0.3 is 29.1 Å². The maximum atomic E-state index is 10.5. The van der Waals surface area contributed by atoms with Crippen molar-refractivity contribution in [2.45, 2.75) is 37.1 Å². The molecule has 0 saturated carbocycles. The van der Waals surface area contributed by atoms with Crippen LogP contribution >= 0.6 is 0 Å². The van der Waals surface area contributed by atoms with E-state index in [1.165, 1.54) is 33.6 Å². The molecular weight excluding hydrogens is 500 g/mol. The van der Waals surface area contributed by atoms with Crippen LogP contribution in [0.2, 0.25) is 0 Å². The van der Waals surface area contributed by atoms with Gasteiger partial charge in [-0.05, 0) is 51.2 Å². The molecule has 8 rings (SSSR count). The van der Waals surface area contributed by atoms with Crippen LogP contribution in [0.3, 0.4) is 0 Å². The van der Waals surface area contributed by atoms with Crippen LogP contribution in [0.1, 0.15) is 36.1 Å². The molecular formula is C32H38N6O2. The third-order valence-corrected chi connectivity index (χ3v) is 9.53. The smallest absolute Gasteiger partial charge is 0.0956 e. The summed E-state index contributed by atoms with van der Waals surface area (Å²) in [4.78, 5) is 13.0. The van der Waals surface area contributed by atoms with Gasteiger partial charge in [-0.2, -0.15) is 0 Å². The molecule has 8 heteroatoms. The van der Waals surface area contributed by atoms with Crippen LogP contribution in [-0.4, -0.2) is 91.6 Å². The van der Waals surface area contributed by atoms with Crippen molar-refractivity contribution in [3.8, 4) is 22.5 Å². The van der Waals surface area contributed by atoms with Crippen LogP contribution in [0.15, 0.2) is 73.6 Å². The Balaban J connectivity index is 0.000000132. The van der Waals surface area contributed by atoms with Gasteiger partial charge in [-0.25, -0.2) is 9.97 Å². The highest BCUT2D eigenvalue weighted by Gasteiger charge is 2.40. The summed E-state index contributed by atoms with van der Waals surface area (Å²) < 4.78 is 4.48. The number of imidazole rings is 2. The first-order valence-corrected chi connectivity index (χ1v) is 14.5. The molecule has 0 spiro atoms. The Morgan fingerprint density at radius 2 is 1.07 bits per heavy atom. The molecule has 8 nitrogen and oxygen atoms in total. The summed E-state index contributed by atoms with van der Waals surface area (Å²) in [7, 11) is 4.15. The van der Waals surface area contributed by atoms with E-state index in [1.54, 1.807) is 0 Å². The lowest BCUT2D eigenvalue weighted by Crippen LogP contribution is -2.44. The van der Waals surface area contributed by atoms with Crippen LogP contribution in [-0.2, 0) is 0 Å². The average molecular weight is 539 g/mol. The van der Waals surface area contributed by atoms with Crippen molar-refractivity contribution in [3.63, 3.8) is 0 Å². The van der Waals surface area contributed by atoms with Crippen LogP contribution in [0.5, 0.6) is 0 Å².